The van der Waals surface area contributed by atoms with Crippen molar-refractivity contribution in [1.29, 1.82) is 0 Å². The molecule has 1 aromatic rings. The van der Waals surface area contributed by atoms with Crippen LogP contribution in [0.5, 0.6) is 5.75 Å². The van der Waals surface area contributed by atoms with Gasteiger partial charge in [0.1, 0.15) is 5.75 Å². The number of likely N-dealkylation sites (N-methyl/N-ethyl adjacent to an activating group) is 1. The van der Waals surface area contributed by atoms with Gasteiger partial charge in [-0.1, -0.05) is 28.1 Å². The van der Waals surface area contributed by atoms with Crippen molar-refractivity contribution in [2.45, 2.75) is 6.92 Å². The van der Waals surface area contributed by atoms with Crippen LogP contribution in [-0.2, 0) is 4.74 Å². The molecule has 0 aliphatic heterocycles. The Labute approximate surface area is 116 Å². The zero-order valence-corrected chi connectivity index (χ0v) is 12.2. The molecule has 0 saturated carbocycles. The quantitative estimate of drug-likeness (QED) is 0.646. The molecule has 0 bridgehead atoms. The number of phenolic OH excluding ortho intramolecular Hbond substituents is 1. The average Bonchev–Trinajstić information content (AvgIpc) is 2.37. The molecular weight excluding hydrogens is 298 g/mol. The summed E-state index contributed by atoms with van der Waals surface area (Å²) in [7, 11) is 1.70. The minimum Gasteiger partial charge on any atom is -0.507 e. The number of alkyl halides is 1. The van der Waals surface area contributed by atoms with E-state index in [1.807, 2.05) is 0 Å². The fourth-order valence-corrected chi connectivity index (χ4v) is 1.73. The summed E-state index contributed by atoms with van der Waals surface area (Å²) in [5.74, 6) is -0.144. The molecule has 0 heterocycles. The maximum absolute atomic E-state index is 12.1. The molecule has 0 fully saturated rings. The van der Waals surface area contributed by atoms with Crippen molar-refractivity contribution < 1.29 is 14.6 Å². The largest absolute Gasteiger partial charge is 0.507 e. The normalized spacial score (nSPS) is 10.4. The summed E-state index contributed by atoms with van der Waals surface area (Å²) in [6.07, 6.45) is 0. The molecule has 1 N–H and O–H groups in total. The van der Waals surface area contributed by atoms with Crippen LogP contribution in [0.25, 0.3) is 0 Å². The van der Waals surface area contributed by atoms with Gasteiger partial charge in [0.15, 0.2) is 0 Å². The standard InChI is InChI=1S/C13H18BrNO3/c1-10-4-3-5-11(12(10)16)13(17)15(2)7-9-18-8-6-14/h3-5,16H,6-9H2,1-2H3. The van der Waals surface area contributed by atoms with Crippen molar-refractivity contribution in [2.24, 2.45) is 0 Å². The first-order chi connectivity index (χ1) is 8.57. The van der Waals surface area contributed by atoms with Gasteiger partial charge in [-0.15, -0.1) is 0 Å². The number of hydrogen-bond acceptors (Lipinski definition) is 3. The number of amides is 1. The second-order valence-corrected chi connectivity index (χ2v) is 4.79. The Bertz CT molecular complexity index is 409. The second kappa shape index (κ2) is 7.38. The molecule has 5 heteroatoms. The van der Waals surface area contributed by atoms with E-state index >= 15 is 0 Å². The molecule has 1 rings (SSSR count). The predicted octanol–water partition coefficient (Wildman–Crippen LogP) is 2.18. The third-order valence-electron chi connectivity index (χ3n) is 2.61. The Balaban J connectivity index is 2.60. The van der Waals surface area contributed by atoms with Crippen molar-refractivity contribution >= 4 is 21.8 Å². The number of benzene rings is 1. The van der Waals surface area contributed by atoms with Crippen LogP contribution in [0, 0.1) is 6.92 Å². The summed E-state index contributed by atoms with van der Waals surface area (Å²) in [6.45, 7) is 3.38. The van der Waals surface area contributed by atoms with Gasteiger partial charge in [-0.3, -0.25) is 4.79 Å². The molecule has 1 aromatic carbocycles. The van der Waals surface area contributed by atoms with Crippen LogP contribution in [0.1, 0.15) is 15.9 Å². The zero-order chi connectivity index (χ0) is 13.5. The van der Waals surface area contributed by atoms with Gasteiger partial charge in [0.05, 0.1) is 18.8 Å². The van der Waals surface area contributed by atoms with Crippen LogP contribution >= 0.6 is 15.9 Å². The Hall–Kier alpha value is -1.07. The maximum Gasteiger partial charge on any atom is 0.257 e. The average molecular weight is 316 g/mol. The third kappa shape index (κ3) is 3.99. The molecular formula is C13H18BrNO3. The van der Waals surface area contributed by atoms with E-state index in [4.69, 9.17) is 4.74 Å². The van der Waals surface area contributed by atoms with E-state index in [-0.39, 0.29) is 11.7 Å². The number of hydrogen-bond donors (Lipinski definition) is 1. The highest BCUT2D eigenvalue weighted by molar-refractivity contribution is 9.09. The Morgan fingerprint density at radius 2 is 2.17 bits per heavy atom. The molecule has 0 atom stereocenters. The Kier molecular flexibility index (Phi) is 6.15. The molecule has 4 nitrogen and oxygen atoms in total. The molecule has 0 aromatic heterocycles. The van der Waals surface area contributed by atoms with Crippen LogP contribution < -0.4 is 0 Å². The smallest absolute Gasteiger partial charge is 0.257 e. The lowest BCUT2D eigenvalue weighted by Crippen LogP contribution is -2.30. The second-order valence-electron chi connectivity index (χ2n) is 4.00. The number of phenols is 1. The number of nitrogens with zero attached hydrogens (tertiary/aromatic N) is 1. The monoisotopic (exact) mass is 315 g/mol. The van der Waals surface area contributed by atoms with Crippen molar-refractivity contribution in [3.05, 3.63) is 29.3 Å². The van der Waals surface area contributed by atoms with E-state index in [2.05, 4.69) is 15.9 Å². The summed E-state index contributed by atoms with van der Waals surface area (Å²) >= 11 is 3.26. The summed E-state index contributed by atoms with van der Waals surface area (Å²) in [5.41, 5.74) is 1.03. The first-order valence-electron chi connectivity index (χ1n) is 5.75. The molecule has 0 spiro atoms. The van der Waals surface area contributed by atoms with Gasteiger partial charge in [0.25, 0.3) is 5.91 Å². The van der Waals surface area contributed by atoms with E-state index in [0.29, 0.717) is 30.9 Å². The highest BCUT2D eigenvalue weighted by atomic mass is 79.9. The van der Waals surface area contributed by atoms with Crippen molar-refractivity contribution in [1.82, 2.24) is 4.90 Å². The lowest BCUT2D eigenvalue weighted by atomic mass is 10.1. The van der Waals surface area contributed by atoms with Gasteiger partial charge < -0.3 is 14.7 Å². The third-order valence-corrected chi connectivity index (χ3v) is 2.93. The van der Waals surface area contributed by atoms with Crippen LogP contribution in [0.15, 0.2) is 18.2 Å². The van der Waals surface area contributed by atoms with Crippen LogP contribution in [0.3, 0.4) is 0 Å². The van der Waals surface area contributed by atoms with E-state index in [9.17, 15) is 9.90 Å². The fraction of sp³-hybridized carbons (Fsp3) is 0.462. The lowest BCUT2D eigenvalue weighted by molar-refractivity contribution is 0.0710. The first-order valence-corrected chi connectivity index (χ1v) is 6.87. The molecule has 0 radical (unpaired) electrons. The maximum atomic E-state index is 12.1. The topological polar surface area (TPSA) is 49.8 Å². The van der Waals surface area contributed by atoms with E-state index < -0.39 is 0 Å². The summed E-state index contributed by atoms with van der Waals surface area (Å²) in [6, 6.07) is 5.16. The molecule has 18 heavy (non-hydrogen) atoms. The van der Waals surface area contributed by atoms with Crippen LogP contribution in [-0.4, -0.2) is 48.0 Å². The molecule has 0 aliphatic carbocycles. The van der Waals surface area contributed by atoms with Gasteiger partial charge in [0.2, 0.25) is 0 Å². The first kappa shape index (κ1) is 15.0. The van der Waals surface area contributed by atoms with Gasteiger partial charge in [0, 0.05) is 18.9 Å². The number of para-hydroxylation sites is 1. The number of aromatic hydroxyl groups is 1. The minimum absolute atomic E-state index is 0.0516. The van der Waals surface area contributed by atoms with Gasteiger partial charge >= 0.3 is 0 Å². The summed E-state index contributed by atoms with van der Waals surface area (Å²) in [4.78, 5) is 13.6. The molecule has 100 valence electrons. The van der Waals surface area contributed by atoms with Crippen molar-refractivity contribution in [3.63, 3.8) is 0 Å². The van der Waals surface area contributed by atoms with Crippen LogP contribution in [0.2, 0.25) is 0 Å². The number of carbonyl (C=O) groups excluding carboxylic acids is 1. The Morgan fingerprint density at radius 1 is 1.44 bits per heavy atom. The summed E-state index contributed by atoms with van der Waals surface area (Å²) < 4.78 is 5.29. The van der Waals surface area contributed by atoms with E-state index in [1.54, 1.807) is 37.1 Å². The predicted molar refractivity (Wildman–Crippen MR) is 74.4 cm³/mol. The zero-order valence-electron chi connectivity index (χ0n) is 10.6. The number of carbonyl (C=O) groups is 1. The van der Waals surface area contributed by atoms with Gasteiger partial charge in [-0.05, 0) is 18.6 Å². The number of rotatable bonds is 6. The van der Waals surface area contributed by atoms with Crippen molar-refractivity contribution in [2.75, 3.05) is 32.1 Å². The van der Waals surface area contributed by atoms with Gasteiger partial charge in [-0.25, -0.2) is 0 Å². The van der Waals surface area contributed by atoms with E-state index in [1.165, 1.54) is 0 Å². The number of ether oxygens (including phenoxy) is 1. The summed E-state index contributed by atoms with van der Waals surface area (Å²) in [5, 5.41) is 10.6. The molecule has 0 aliphatic rings. The number of aryl methyl sites for hydroxylation is 1. The lowest BCUT2D eigenvalue weighted by Gasteiger charge is -2.18. The number of halogens is 1. The molecule has 1 amide bonds. The highest BCUT2D eigenvalue weighted by Gasteiger charge is 2.16. The SMILES string of the molecule is Cc1cccc(C(=O)N(C)CCOCCBr)c1O. The molecule has 0 unspecified atom stereocenters. The fourth-order valence-electron chi connectivity index (χ4n) is 1.50. The molecule has 0 saturated heterocycles. The minimum atomic E-state index is -0.196. The van der Waals surface area contributed by atoms with Gasteiger partial charge in [-0.2, -0.15) is 0 Å². The highest BCUT2D eigenvalue weighted by Crippen LogP contribution is 2.22. The van der Waals surface area contributed by atoms with E-state index in [0.717, 1.165) is 5.33 Å². The Morgan fingerprint density at radius 3 is 2.83 bits per heavy atom. The van der Waals surface area contributed by atoms with Crippen LogP contribution in [0.4, 0.5) is 0 Å². The van der Waals surface area contributed by atoms with Crippen molar-refractivity contribution in [3.8, 4) is 5.75 Å².